The summed E-state index contributed by atoms with van der Waals surface area (Å²) in [5.41, 5.74) is 1.98. The largest absolute Gasteiger partial charge is 0.481 e. The van der Waals surface area contributed by atoms with Crippen LogP contribution in [0.1, 0.15) is 44.7 Å². The van der Waals surface area contributed by atoms with Gasteiger partial charge >= 0.3 is 5.97 Å². The molecule has 0 spiro atoms. The van der Waals surface area contributed by atoms with Crippen molar-refractivity contribution in [1.29, 1.82) is 0 Å². The van der Waals surface area contributed by atoms with Crippen molar-refractivity contribution in [2.45, 2.75) is 51.6 Å². The van der Waals surface area contributed by atoms with E-state index in [1.165, 1.54) is 0 Å². The zero-order valence-electron chi connectivity index (χ0n) is 15.1. The molecule has 1 saturated carbocycles. The number of aryl methyl sites for hydroxylation is 1. The second-order valence-electron chi connectivity index (χ2n) is 7.60. The Balaban J connectivity index is 1.57. The molecular weight excluding hydrogens is 334 g/mol. The molecule has 0 unspecified atom stereocenters. The van der Waals surface area contributed by atoms with E-state index < -0.39 is 11.5 Å². The molecule has 8 nitrogen and oxygen atoms in total. The van der Waals surface area contributed by atoms with Crippen molar-refractivity contribution < 1.29 is 14.7 Å². The molecule has 0 bridgehead atoms. The Hall–Kier alpha value is -2.77. The molecule has 1 fully saturated rings. The number of pyridine rings is 1. The summed E-state index contributed by atoms with van der Waals surface area (Å²) in [6, 6.07) is 2.13. The Bertz CT molecular complexity index is 824. The first kappa shape index (κ1) is 18.0. The number of aromatic nitrogens is 4. The molecule has 0 aliphatic heterocycles. The zero-order valence-corrected chi connectivity index (χ0v) is 15.1. The van der Waals surface area contributed by atoms with Crippen LogP contribution in [0.25, 0.3) is 11.3 Å². The summed E-state index contributed by atoms with van der Waals surface area (Å²) in [4.78, 5) is 27.3. The van der Waals surface area contributed by atoms with Crippen LogP contribution in [0.5, 0.6) is 0 Å². The predicted molar refractivity (Wildman–Crippen MR) is 94.2 cm³/mol. The number of carbonyl (C=O) groups is 2. The van der Waals surface area contributed by atoms with E-state index in [9.17, 15) is 9.59 Å². The van der Waals surface area contributed by atoms with E-state index in [-0.39, 0.29) is 24.3 Å². The van der Waals surface area contributed by atoms with Crippen LogP contribution < -0.4 is 5.32 Å². The second-order valence-corrected chi connectivity index (χ2v) is 7.60. The van der Waals surface area contributed by atoms with E-state index in [4.69, 9.17) is 5.11 Å². The van der Waals surface area contributed by atoms with Gasteiger partial charge in [0.1, 0.15) is 5.69 Å². The van der Waals surface area contributed by atoms with Gasteiger partial charge in [0, 0.05) is 29.4 Å². The normalized spacial score (nSPS) is 19.7. The number of amides is 1. The minimum atomic E-state index is -0.928. The monoisotopic (exact) mass is 357 g/mol. The summed E-state index contributed by atoms with van der Waals surface area (Å²) in [5.74, 6) is -1.15. The van der Waals surface area contributed by atoms with Gasteiger partial charge in [0.15, 0.2) is 0 Å². The van der Waals surface area contributed by atoms with Crippen LogP contribution in [0.15, 0.2) is 24.7 Å². The highest BCUT2D eigenvalue weighted by Crippen LogP contribution is 2.38. The smallest absolute Gasteiger partial charge is 0.305 e. The van der Waals surface area contributed by atoms with Crippen LogP contribution in [0.3, 0.4) is 0 Å². The third-order valence-electron chi connectivity index (χ3n) is 4.59. The van der Waals surface area contributed by atoms with Gasteiger partial charge in [-0.15, -0.1) is 5.10 Å². The SMILES string of the molecule is Cc1cncc(-c2cn(C3CC(C(=O)NC(C)(C)CC(=O)O)C3)nn2)c1. The highest BCUT2D eigenvalue weighted by Gasteiger charge is 2.38. The van der Waals surface area contributed by atoms with E-state index in [0.29, 0.717) is 12.8 Å². The molecule has 138 valence electrons. The number of aliphatic carboxylic acids is 1. The highest BCUT2D eigenvalue weighted by molar-refractivity contribution is 5.81. The lowest BCUT2D eigenvalue weighted by molar-refractivity contribution is -0.139. The summed E-state index contributed by atoms with van der Waals surface area (Å²) in [6.07, 6.45) is 6.65. The zero-order chi connectivity index (χ0) is 18.9. The van der Waals surface area contributed by atoms with Gasteiger partial charge in [-0.25, -0.2) is 4.68 Å². The Labute approximate surface area is 151 Å². The van der Waals surface area contributed by atoms with Crippen LogP contribution in [-0.2, 0) is 9.59 Å². The quantitative estimate of drug-likeness (QED) is 0.818. The van der Waals surface area contributed by atoms with Crippen molar-refractivity contribution in [2.24, 2.45) is 5.92 Å². The Morgan fingerprint density at radius 1 is 1.35 bits per heavy atom. The fraction of sp³-hybridized carbons (Fsp3) is 0.500. The molecule has 1 amide bonds. The van der Waals surface area contributed by atoms with Crippen molar-refractivity contribution in [3.63, 3.8) is 0 Å². The number of carboxylic acids is 1. The van der Waals surface area contributed by atoms with E-state index >= 15 is 0 Å². The average molecular weight is 357 g/mol. The molecule has 1 aliphatic rings. The van der Waals surface area contributed by atoms with Gasteiger partial charge in [-0.3, -0.25) is 14.6 Å². The Kier molecular flexibility index (Phi) is 4.76. The first-order valence-electron chi connectivity index (χ1n) is 8.61. The molecular formula is C18H23N5O3. The molecule has 26 heavy (non-hydrogen) atoms. The highest BCUT2D eigenvalue weighted by atomic mass is 16.4. The number of carboxylic acid groups (broad SMARTS) is 1. The van der Waals surface area contributed by atoms with Crippen molar-refractivity contribution in [1.82, 2.24) is 25.3 Å². The maximum absolute atomic E-state index is 12.3. The first-order chi connectivity index (χ1) is 12.2. The van der Waals surface area contributed by atoms with E-state index in [0.717, 1.165) is 16.8 Å². The lowest BCUT2D eigenvalue weighted by Crippen LogP contribution is -2.50. The fourth-order valence-corrected chi connectivity index (χ4v) is 3.16. The average Bonchev–Trinajstić information content (AvgIpc) is 2.93. The summed E-state index contributed by atoms with van der Waals surface area (Å²) in [6.45, 7) is 5.41. The van der Waals surface area contributed by atoms with Gasteiger partial charge in [0.2, 0.25) is 5.91 Å². The molecule has 2 N–H and O–H groups in total. The number of nitrogens with one attached hydrogen (secondary N) is 1. The standard InChI is InChI=1S/C18H23N5O3/c1-11-4-13(9-19-8-11)15-10-23(22-21-15)14-5-12(6-14)17(26)20-18(2,3)7-16(24)25/h4,8-10,12,14H,5-7H2,1-3H3,(H,20,26)(H,24,25). The maximum Gasteiger partial charge on any atom is 0.305 e. The number of carbonyl (C=O) groups excluding carboxylic acids is 1. The van der Waals surface area contributed by atoms with Gasteiger partial charge < -0.3 is 10.4 Å². The van der Waals surface area contributed by atoms with Gasteiger partial charge in [-0.2, -0.15) is 0 Å². The maximum atomic E-state index is 12.3. The van der Waals surface area contributed by atoms with Gasteiger partial charge in [-0.05, 0) is 45.2 Å². The molecule has 0 radical (unpaired) electrons. The Morgan fingerprint density at radius 2 is 2.08 bits per heavy atom. The third kappa shape index (κ3) is 4.07. The van der Waals surface area contributed by atoms with E-state index in [2.05, 4.69) is 20.6 Å². The lowest BCUT2D eigenvalue weighted by atomic mass is 9.79. The van der Waals surface area contributed by atoms with E-state index in [1.807, 2.05) is 19.2 Å². The summed E-state index contributed by atoms with van der Waals surface area (Å²) >= 11 is 0. The van der Waals surface area contributed by atoms with Crippen molar-refractivity contribution in [3.8, 4) is 11.3 Å². The minimum Gasteiger partial charge on any atom is -0.481 e. The van der Waals surface area contributed by atoms with Crippen LogP contribution in [0.4, 0.5) is 0 Å². The van der Waals surface area contributed by atoms with Crippen molar-refractivity contribution in [2.75, 3.05) is 0 Å². The number of rotatable bonds is 6. The summed E-state index contributed by atoms with van der Waals surface area (Å²) in [5, 5.41) is 20.1. The molecule has 2 aromatic heterocycles. The molecule has 3 rings (SSSR count). The molecule has 1 aliphatic carbocycles. The summed E-state index contributed by atoms with van der Waals surface area (Å²) in [7, 11) is 0. The first-order valence-corrected chi connectivity index (χ1v) is 8.61. The van der Waals surface area contributed by atoms with Crippen LogP contribution in [0, 0.1) is 12.8 Å². The molecule has 0 atom stereocenters. The van der Waals surface area contributed by atoms with Crippen LogP contribution >= 0.6 is 0 Å². The van der Waals surface area contributed by atoms with Crippen molar-refractivity contribution >= 4 is 11.9 Å². The topological polar surface area (TPSA) is 110 Å². The minimum absolute atomic E-state index is 0.101. The number of hydrogen-bond donors (Lipinski definition) is 2. The molecule has 0 aromatic carbocycles. The number of nitrogens with zero attached hydrogens (tertiary/aromatic N) is 4. The van der Waals surface area contributed by atoms with Crippen LogP contribution in [0.2, 0.25) is 0 Å². The third-order valence-corrected chi connectivity index (χ3v) is 4.59. The van der Waals surface area contributed by atoms with Gasteiger partial charge in [0.25, 0.3) is 0 Å². The predicted octanol–water partition coefficient (Wildman–Crippen LogP) is 1.97. The Morgan fingerprint density at radius 3 is 2.73 bits per heavy atom. The number of hydrogen-bond acceptors (Lipinski definition) is 5. The fourth-order valence-electron chi connectivity index (χ4n) is 3.16. The second kappa shape index (κ2) is 6.86. The lowest BCUT2D eigenvalue weighted by Gasteiger charge is -2.36. The molecule has 2 heterocycles. The molecule has 8 heteroatoms. The van der Waals surface area contributed by atoms with Gasteiger partial charge in [-0.1, -0.05) is 5.21 Å². The van der Waals surface area contributed by atoms with Gasteiger partial charge in [0.05, 0.1) is 18.7 Å². The summed E-state index contributed by atoms with van der Waals surface area (Å²) < 4.78 is 1.80. The van der Waals surface area contributed by atoms with E-state index in [1.54, 1.807) is 30.9 Å². The molecule has 0 saturated heterocycles. The van der Waals surface area contributed by atoms with Crippen LogP contribution in [-0.4, -0.2) is 42.5 Å². The van der Waals surface area contributed by atoms with Crippen molar-refractivity contribution in [3.05, 3.63) is 30.2 Å². The molecule has 2 aromatic rings.